The Morgan fingerprint density at radius 1 is 1.19 bits per heavy atom. The van der Waals surface area contributed by atoms with Gasteiger partial charge in [-0.15, -0.1) is 11.8 Å². The molecule has 0 bridgehead atoms. The Bertz CT molecular complexity index is 1040. The first-order valence-electron chi connectivity index (χ1n) is 9.77. The number of anilines is 1. The predicted molar refractivity (Wildman–Crippen MR) is 119 cm³/mol. The van der Waals surface area contributed by atoms with Crippen molar-refractivity contribution >= 4 is 39.1 Å². The fourth-order valence-electron chi connectivity index (χ4n) is 3.35. The smallest absolute Gasteiger partial charge is 0.293 e. The number of thioether (sulfide) groups is 1. The van der Waals surface area contributed by atoms with Gasteiger partial charge in [-0.25, -0.2) is 13.6 Å². The minimum atomic E-state index is -4.08. The molecule has 1 saturated heterocycles. The number of nitrogens with zero attached hydrogens (tertiary/aromatic N) is 2. The lowest BCUT2D eigenvalue weighted by molar-refractivity contribution is -0.384. The van der Waals surface area contributed by atoms with Crippen LogP contribution in [0.1, 0.15) is 19.3 Å². The molecule has 1 heterocycles. The summed E-state index contributed by atoms with van der Waals surface area (Å²) in [6.45, 7) is 1.45. The van der Waals surface area contributed by atoms with E-state index in [1.165, 1.54) is 23.9 Å². The Morgan fingerprint density at radius 2 is 1.87 bits per heavy atom. The van der Waals surface area contributed by atoms with Crippen molar-refractivity contribution < 1.29 is 18.1 Å². The number of rotatable bonds is 9. The van der Waals surface area contributed by atoms with Crippen LogP contribution in [0, 0.1) is 10.1 Å². The summed E-state index contributed by atoms with van der Waals surface area (Å²) < 4.78 is 23.1. The van der Waals surface area contributed by atoms with Gasteiger partial charge in [0.15, 0.2) is 0 Å². The molecule has 9 nitrogen and oxygen atoms in total. The Morgan fingerprint density at radius 3 is 2.48 bits per heavy atom. The molecule has 166 valence electrons. The lowest BCUT2D eigenvalue weighted by Gasteiger charge is -2.23. The summed E-state index contributed by atoms with van der Waals surface area (Å²) in [5, 5.41) is 19.7. The molecule has 2 aromatic rings. The molecule has 1 aliphatic rings. The van der Waals surface area contributed by atoms with Crippen LogP contribution in [0.15, 0.2) is 58.3 Å². The Hall–Kier alpha value is -2.63. The minimum absolute atomic E-state index is 0.00697. The number of hydrogen-bond acceptors (Lipinski definition) is 7. The van der Waals surface area contributed by atoms with E-state index in [-0.39, 0.29) is 22.9 Å². The molecule has 1 fully saturated rings. The van der Waals surface area contributed by atoms with Crippen molar-refractivity contribution in [3.8, 4) is 0 Å². The molecule has 1 aliphatic heterocycles. The van der Waals surface area contributed by atoms with Crippen LogP contribution in [-0.2, 0) is 14.8 Å². The summed E-state index contributed by atoms with van der Waals surface area (Å²) in [5.74, 6) is 0.491. The predicted octanol–water partition coefficient (Wildman–Crippen LogP) is 2.83. The topological polar surface area (TPSA) is 136 Å². The van der Waals surface area contributed by atoms with Gasteiger partial charge >= 0.3 is 0 Å². The average molecular weight is 465 g/mol. The highest BCUT2D eigenvalue weighted by atomic mass is 32.2. The second-order valence-electron chi connectivity index (χ2n) is 7.24. The number of nitrogens with one attached hydrogen (secondary N) is 1. The molecular formula is C20H24N4O5S2. The van der Waals surface area contributed by atoms with Crippen molar-refractivity contribution in [1.29, 1.82) is 0 Å². The molecule has 1 amide bonds. The van der Waals surface area contributed by atoms with E-state index < -0.39 is 26.7 Å². The number of hydrogen-bond donors (Lipinski definition) is 2. The van der Waals surface area contributed by atoms with Crippen LogP contribution in [0.4, 0.5) is 11.4 Å². The first kappa shape index (κ1) is 23.0. The Labute approximate surface area is 185 Å². The zero-order valence-corrected chi connectivity index (χ0v) is 18.4. The van der Waals surface area contributed by atoms with Gasteiger partial charge in [0.05, 0.1) is 9.82 Å². The molecule has 0 spiro atoms. The maximum absolute atomic E-state index is 12.7. The van der Waals surface area contributed by atoms with E-state index in [2.05, 4.69) is 5.32 Å². The lowest BCUT2D eigenvalue weighted by Crippen LogP contribution is -2.34. The van der Waals surface area contributed by atoms with E-state index in [0.717, 1.165) is 36.9 Å². The number of primary sulfonamides is 1. The molecule has 0 aromatic heterocycles. The summed E-state index contributed by atoms with van der Waals surface area (Å²) in [7, 11) is -4.08. The molecule has 3 rings (SSSR count). The number of carbonyl (C=O) groups excluding carboxylic acids is 1. The second-order valence-corrected chi connectivity index (χ2v) is 9.89. The molecule has 11 heteroatoms. The first-order valence-corrected chi connectivity index (χ1v) is 12.3. The maximum Gasteiger partial charge on any atom is 0.293 e. The van der Waals surface area contributed by atoms with Gasteiger partial charge in [0.1, 0.15) is 5.69 Å². The van der Waals surface area contributed by atoms with E-state index in [0.29, 0.717) is 5.75 Å². The van der Waals surface area contributed by atoms with Crippen LogP contribution in [0.25, 0.3) is 0 Å². The summed E-state index contributed by atoms with van der Waals surface area (Å²) >= 11 is 1.53. The van der Waals surface area contributed by atoms with Crippen LogP contribution in [0.5, 0.6) is 0 Å². The fourth-order valence-corrected chi connectivity index (χ4v) is 4.83. The standard InChI is InChI=1S/C20H24N4O5S2/c21-31(28,29)17-8-9-18(19(13-17)24(26)27)22-15(12-20(25)23-10-4-5-11-23)14-30-16-6-2-1-3-7-16/h1-3,6-9,13,15,22H,4-5,10-12,14H2,(H2,21,28,29)/t15-/m1/s1. The average Bonchev–Trinajstić information content (AvgIpc) is 3.27. The molecule has 0 saturated carbocycles. The van der Waals surface area contributed by atoms with Crippen molar-refractivity contribution in [3.63, 3.8) is 0 Å². The van der Waals surface area contributed by atoms with Gasteiger partial charge < -0.3 is 10.2 Å². The third kappa shape index (κ3) is 6.42. The highest BCUT2D eigenvalue weighted by Crippen LogP contribution is 2.30. The summed E-state index contributed by atoms with van der Waals surface area (Å²) in [5.41, 5.74) is -0.264. The van der Waals surface area contributed by atoms with Gasteiger partial charge in [0.25, 0.3) is 5.69 Å². The molecular weight excluding hydrogens is 440 g/mol. The highest BCUT2D eigenvalue weighted by molar-refractivity contribution is 7.99. The van der Waals surface area contributed by atoms with Gasteiger partial charge in [0, 0.05) is 42.3 Å². The third-order valence-corrected chi connectivity index (χ3v) is 7.01. The number of likely N-dealkylation sites (tertiary alicyclic amines) is 1. The zero-order valence-electron chi connectivity index (χ0n) is 16.8. The van der Waals surface area contributed by atoms with Crippen LogP contribution in [0.3, 0.4) is 0 Å². The van der Waals surface area contributed by atoms with Crippen molar-refractivity contribution in [1.82, 2.24) is 4.90 Å². The number of nitro groups is 1. The summed E-state index contributed by atoms with van der Waals surface area (Å²) in [6, 6.07) is 12.7. The number of sulfonamides is 1. The third-order valence-electron chi connectivity index (χ3n) is 4.93. The number of carbonyl (C=O) groups is 1. The van der Waals surface area contributed by atoms with Gasteiger partial charge in [-0.05, 0) is 37.1 Å². The van der Waals surface area contributed by atoms with Crippen LogP contribution in [0.2, 0.25) is 0 Å². The molecule has 3 N–H and O–H groups in total. The van der Waals surface area contributed by atoms with Gasteiger partial charge in [0.2, 0.25) is 15.9 Å². The summed E-state index contributed by atoms with van der Waals surface area (Å²) in [4.78, 5) is 26.1. The first-order chi connectivity index (χ1) is 14.7. The normalized spacial score (nSPS) is 14.9. The Balaban J connectivity index is 1.82. The SMILES string of the molecule is NS(=O)(=O)c1ccc(N[C@@H](CSc2ccccc2)CC(=O)N2CCCC2)c([N+](=O)[O-])c1. The van der Waals surface area contributed by atoms with Crippen LogP contribution in [-0.4, -0.2) is 49.0 Å². The Kier molecular flexibility index (Phi) is 7.52. The monoisotopic (exact) mass is 464 g/mol. The lowest BCUT2D eigenvalue weighted by atomic mass is 10.2. The largest absolute Gasteiger partial charge is 0.375 e. The van der Waals surface area contributed by atoms with E-state index in [1.807, 2.05) is 30.3 Å². The van der Waals surface area contributed by atoms with Gasteiger partial charge in [-0.2, -0.15) is 0 Å². The van der Waals surface area contributed by atoms with Crippen molar-refractivity contribution in [2.24, 2.45) is 5.14 Å². The molecule has 0 unspecified atom stereocenters. The molecule has 0 radical (unpaired) electrons. The zero-order chi connectivity index (χ0) is 22.4. The van der Waals surface area contributed by atoms with Crippen molar-refractivity contribution in [2.75, 3.05) is 24.2 Å². The van der Waals surface area contributed by atoms with Gasteiger partial charge in [-0.1, -0.05) is 18.2 Å². The second kappa shape index (κ2) is 10.1. The molecule has 31 heavy (non-hydrogen) atoms. The van der Waals surface area contributed by atoms with E-state index >= 15 is 0 Å². The fraction of sp³-hybridized carbons (Fsp3) is 0.350. The van der Waals surface area contributed by atoms with E-state index in [4.69, 9.17) is 5.14 Å². The van der Waals surface area contributed by atoms with Crippen molar-refractivity contribution in [2.45, 2.75) is 35.1 Å². The summed E-state index contributed by atoms with van der Waals surface area (Å²) in [6.07, 6.45) is 2.13. The van der Waals surface area contributed by atoms with E-state index in [1.54, 1.807) is 4.90 Å². The number of nitro benzene ring substituents is 1. The molecule has 1 atom stereocenters. The molecule has 2 aromatic carbocycles. The van der Waals surface area contributed by atoms with Crippen LogP contribution < -0.4 is 10.5 Å². The molecule has 0 aliphatic carbocycles. The minimum Gasteiger partial charge on any atom is -0.375 e. The quantitative estimate of drug-likeness (QED) is 0.331. The van der Waals surface area contributed by atoms with Gasteiger partial charge in [-0.3, -0.25) is 14.9 Å². The number of amides is 1. The maximum atomic E-state index is 12.7. The van der Waals surface area contributed by atoms with Crippen LogP contribution >= 0.6 is 11.8 Å². The van der Waals surface area contributed by atoms with E-state index in [9.17, 15) is 23.3 Å². The number of nitrogens with two attached hydrogens (primary N) is 1. The number of benzene rings is 2. The highest BCUT2D eigenvalue weighted by Gasteiger charge is 2.25. The van der Waals surface area contributed by atoms with Crippen molar-refractivity contribution in [3.05, 3.63) is 58.6 Å².